The van der Waals surface area contributed by atoms with E-state index in [2.05, 4.69) is 9.47 Å². The van der Waals surface area contributed by atoms with Crippen LogP contribution in [0.15, 0.2) is 53.6 Å². The molecule has 0 unspecified atom stereocenters. The summed E-state index contributed by atoms with van der Waals surface area (Å²) >= 11 is 0. The van der Waals surface area contributed by atoms with Gasteiger partial charge in [0.05, 0.1) is 0 Å². The van der Waals surface area contributed by atoms with Gasteiger partial charge in [-0.15, -0.1) is 0 Å². The Labute approximate surface area is 193 Å². The molecule has 4 nitrogen and oxygen atoms in total. The molecule has 1 aromatic carbocycles. The number of halogens is 6. The fourth-order valence-corrected chi connectivity index (χ4v) is 3.64. The third-order valence-electron chi connectivity index (χ3n) is 5.42. The second-order valence-electron chi connectivity index (χ2n) is 8.19. The van der Waals surface area contributed by atoms with Crippen LogP contribution >= 0.6 is 0 Å². The summed E-state index contributed by atoms with van der Waals surface area (Å²) in [5.74, 6) is -3.19. The van der Waals surface area contributed by atoms with Crippen molar-refractivity contribution in [2.24, 2.45) is 5.41 Å². The topological polar surface area (TPSA) is 52.6 Å². The van der Waals surface area contributed by atoms with E-state index >= 15 is 0 Å². The molecule has 0 heterocycles. The van der Waals surface area contributed by atoms with E-state index < -0.39 is 55.8 Å². The molecule has 0 spiro atoms. The molecule has 0 fully saturated rings. The molecule has 188 valence electrons. The first-order valence-corrected chi connectivity index (χ1v) is 10.7. The third kappa shape index (κ3) is 8.53. The third-order valence-corrected chi connectivity index (χ3v) is 5.42. The second kappa shape index (κ2) is 11.6. The molecular weight excluding hydrogens is 466 g/mol. The average Bonchev–Trinajstić information content (AvgIpc) is 2.78. The molecule has 0 radical (unpaired) electrons. The zero-order chi connectivity index (χ0) is 25.4. The molecular formula is C24H26F6O4. The van der Waals surface area contributed by atoms with Gasteiger partial charge in [-0.05, 0) is 56.6 Å². The van der Waals surface area contributed by atoms with E-state index in [4.69, 9.17) is 0 Å². The van der Waals surface area contributed by atoms with Crippen molar-refractivity contribution >= 4 is 11.9 Å². The summed E-state index contributed by atoms with van der Waals surface area (Å²) in [4.78, 5) is 25.8. The van der Waals surface area contributed by atoms with Gasteiger partial charge in [0.1, 0.15) is 0 Å². The summed E-state index contributed by atoms with van der Waals surface area (Å²) < 4.78 is 85.2. The molecule has 0 saturated heterocycles. The molecule has 2 rings (SSSR count). The highest BCUT2D eigenvalue weighted by Crippen LogP contribution is 2.35. The van der Waals surface area contributed by atoms with Crippen molar-refractivity contribution in [1.82, 2.24) is 0 Å². The number of allylic oxidation sites excluding steroid dienone is 4. The van der Waals surface area contributed by atoms with E-state index in [0.717, 1.165) is 31.3 Å². The molecule has 34 heavy (non-hydrogen) atoms. The van der Waals surface area contributed by atoms with Crippen molar-refractivity contribution in [2.45, 2.75) is 57.8 Å². The number of hydrogen-bond acceptors (Lipinski definition) is 4. The maximum atomic E-state index is 12.9. The van der Waals surface area contributed by atoms with Gasteiger partial charge in [0.25, 0.3) is 0 Å². The highest BCUT2D eigenvalue weighted by atomic mass is 19.4. The van der Waals surface area contributed by atoms with Gasteiger partial charge in [0.2, 0.25) is 0 Å². The predicted molar refractivity (Wildman–Crippen MR) is 112 cm³/mol. The lowest BCUT2D eigenvalue weighted by molar-refractivity contribution is -0.206. The van der Waals surface area contributed by atoms with Gasteiger partial charge in [-0.2, -0.15) is 26.3 Å². The molecule has 0 aliphatic heterocycles. The Hall–Kier alpha value is -2.78. The monoisotopic (exact) mass is 492 g/mol. The molecule has 1 aliphatic carbocycles. The molecule has 1 aliphatic rings. The Morgan fingerprint density at radius 2 is 1.47 bits per heavy atom. The smallest absolute Gasteiger partial charge is 0.422 e. The zero-order valence-corrected chi connectivity index (χ0v) is 18.6. The molecule has 0 aromatic heterocycles. The number of rotatable bonds is 9. The second-order valence-corrected chi connectivity index (χ2v) is 8.19. The van der Waals surface area contributed by atoms with E-state index in [-0.39, 0.29) is 0 Å². The van der Waals surface area contributed by atoms with Crippen LogP contribution in [0, 0.1) is 5.41 Å². The van der Waals surface area contributed by atoms with Crippen molar-refractivity contribution in [3.8, 4) is 0 Å². The van der Waals surface area contributed by atoms with E-state index in [0.29, 0.717) is 11.1 Å². The molecule has 0 bridgehead atoms. The standard InChI is InChI=1S/C24H26F6O4/c1-17(19-10-6-3-7-11-19)12-13-22(14-18-8-4-2-5-9-18,20(31)33-15-23(25,26)27)21(32)34-16-24(28,29)30/h2,4-5,8-10,12H,3,6-7,11,13-16H2,1H3/b17-12+. The Kier molecular flexibility index (Phi) is 9.35. The van der Waals surface area contributed by atoms with Crippen molar-refractivity contribution in [3.05, 3.63) is 59.2 Å². The molecule has 0 amide bonds. The lowest BCUT2D eigenvalue weighted by Crippen LogP contribution is -2.45. The van der Waals surface area contributed by atoms with Gasteiger partial charge >= 0.3 is 24.3 Å². The Balaban J connectivity index is 2.47. The van der Waals surface area contributed by atoms with Crippen molar-refractivity contribution in [1.29, 1.82) is 0 Å². The number of carbonyl (C=O) groups excluding carboxylic acids is 2. The molecule has 10 heteroatoms. The summed E-state index contributed by atoms with van der Waals surface area (Å²) in [7, 11) is 0. The summed E-state index contributed by atoms with van der Waals surface area (Å²) in [5, 5.41) is 0. The van der Waals surface area contributed by atoms with Gasteiger partial charge < -0.3 is 9.47 Å². The molecule has 0 N–H and O–H groups in total. The van der Waals surface area contributed by atoms with Gasteiger partial charge in [-0.3, -0.25) is 9.59 Å². The highest BCUT2D eigenvalue weighted by molar-refractivity contribution is 6.00. The number of ether oxygens (including phenoxy) is 2. The Bertz CT molecular complexity index is 870. The van der Waals surface area contributed by atoms with Gasteiger partial charge in [0.15, 0.2) is 18.6 Å². The van der Waals surface area contributed by atoms with Gasteiger partial charge in [-0.25, -0.2) is 0 Å². The SMILES string of the molecule is C/C(=C\CC(Cc1ccccc1)(C(=O)OCC(F)(F)F)C(=O)OCC(F)(F)F)C1=CCCCC1. The minimum absolute atomic E-state index is 0.346. The van der Waals surface area contributed by atoms with E-state index in [1.54, 1.807) is 25.1 Å². The highest BCUT2D eigenvalue weighted by Gasteiger charge is 2.50. The van der Waals surface area contributed by atoms with Crippen LogP contribution in [-0.4, -0.2) is 37.5 Å². The predicted octanol–water partition coefficient (Wildman–Crippen LogP) is 6.26. The summed E-state index contributed by atoms with van der Waals surface area (Å²) in [5.41, 5.74) is -0.455. The van der Waals surface area contributed by atoms with Crippen LogP contribution in [0.1, 0.15) is 44.6 Å². The Morgan fingerprint density at radius 1 is 0.912 bits per heavy atom. The maximum absolute atomic E-state index is 12.9. The van der Waals surface area contributed by atoms with Crippen molar-refractivity contribution in [2.75, 3.05) is 13.2 Å². The van der Waals surface area contributed by atoms with Gasteiger partial charge in [-0.1, -0.05) is 48.1 Å². The minimum atomic E-state index is -4.89. The van der Waals surface area contributed by atoms with Crippen LogP contribution in [0.4, 0.5) is 26.3 Å². The number of benzene rings is 1. The maximum Gasteiger partial charge on any atom is 0.422 e. The van der Waals surface area contributed by atoms with Crippen molar-refractivity contribution < 1.29 is 45.4 Å². The van der Waals surface area contributed by atoms with Gasteiger partial charge in [0, 0.05) is 0 Å². The number of hydrogen-bond donors (Lipinski definition) is 0. The number of alkyl halides is 6. The van der Waals surface area contributed by atoms with Crippen LogP contribution in [0.25, 0.3) is 0 Å². The Morgan fingerprint density at radius 3 is 1.94 bits per heavy atom. The van der Waals surface area contributed by atoms with E-state index in [1.165, 1.54) is 18.2 Å². The molecule has 1 aromatic rings. The normalized spacial score (nSPS) is 15.5. The van der Waals surface area contributed by atoms with E-state index in [9.17, 15) is 35.9 Å². The minimum Gasteiger partial charge on any atom is -0.455 e. The summed E-state index contributed by atoms with van der Waals surface area (Å²) in [6.45, 7) is -2.25. The quantitative estimate of drug-likeness (QED) is 0.232. The van der Waals surface area contributed by atoms with E-state index in [1.807, 2.05) is 6.08 Å². The zero-order valence-electron chi connectivity index (χ0n) is 18.6. The van der Waals surface area contributed by atoms with Crippen molar-refractivity contribution in [3.63, 3.8) is 0 Å². The lowest BCUT2D eigenvalue weighted by atomic mass is 9.77. The average molecular weight is 492 g/mol. The van der Waals surface area contributed by atoms with Crippen LogP contribution in [0.3, 0.4) is 0 Å². The lowest BCUT2D eigenvalue weighted by Gasteiger charge is -2.29. The first-order valence-electron chi connectivity index (χ1n) is 10.7. The van der Waals surface area contributed by atoms with Crippen LogP contribution in [0.2, 0.25) is 0 Å². The largest absolute Gasteiger partial charge is 0.455 e. The summed E-state index contributed by atoms with van der Waals surface area (Å²) in [6, 6.07) is 7.77. The first kappa shape index (κ1) is 27.5. The van der Waals surface area contributed by atoms with Crippen LogP contribution in [0.5, 0.6) is 0 Å². The summed E-state index contributed by atoms with van der Waals surface area (Å²) in [6.07, 6.45) is -3.80. The first-order chi connectivity index (χ1) is 15.8. The number of carbonyl (C=O) groups is 2. The fraction of sp³-hybridized carbons (Fsp3) is 0.500. The molecule has 0 atom stereocenters. The number of esters is 2. The van der Waals surface area contributed by atoms with Crippen LogP contribution < -0.4 is 0 Å². The molecule has 0 saturated carbocycles. The van der Waals surface area contributed by atoms with Crippen LogP contribution in [-0.2, 0) is 25.5 Å². The fourth-order valence-electron chi connectivity index (χ4n) is 3.64.